The highest BCUT2D eigenvalue weighted by Gasteiger charge is 2.27. The molecule has 0 fully saturated rings. The number of H-pyrrole nitrogens is 1. The van der Waals surface area contributed by atoms with E-state index in [1.165, 1.54) is 12.5 Å². The van der Waals surface area contributed by atoms with Crippen molar-refractivity contribution < 1.29 is 29.4 Å². The largest absolute Gasteiger partial charge is 0.480 e. The molecule has 150 valence electrons. The molecule has 11 heteroatoms. The first-order valence-electron chi connectivity index (χ1n) is 8.41. The zero-order chi connectivity index (χ0) is 20.4. The van der Waals surface area contributed by atoms with E-state index in [1.807, 2.05) is 13.8 Å². The number of carbonyl (C=O) groups is 4. The lowest BCUT2D eigenvalue weighted by Crippen LogP contribution is -2.54. The zero-order valence-electron chi connectivity index (χ0n) is 15.2. The van der Waals surface area contributed by atoms with Crippen LogP contribution in [0.4, 0.5) is 0 Å². The second-order valence-corrected chi connectivity index (χ2v) is 6.41. The van der Waals surface area contributed by atoms with Crippen LogP contribution in [0.15, 0.2) is 12.5 Å². The van der Waals surface area contributed by atoms with Gasteiger partial charge in [0.2, 0.25) is 11.8 Å². The summed E-state index contributed by atoms with van der Waals surface area (Å²) in [5.74, 6) is -3.45. The Balaban J connectivity index is 2.82. The van der Waals surface area contributed by atoms with Crippen molar-refractivity contribution in [3.05, 3.63) is 18.2 Å². The fourth-order valence-corrected chi connectivity index (χ4v) is 2.35. The van der Waals surface area contributed by atoms with E-state index in [0.29, 0.717) is 12.1 Å². The minimum Gasteiger partial charge on any atom is -0.480 e. The Labute approximate surface area is 155 Å². The van der Waals surface area contributed by atoms with Gasteiger partial charge in [-0.1, -0.05) is 13.8 Å². The van der Waals surface area contributed by atoms with Gasteiger partial charge >= 0.3 is 11.9 Å². The highest BCUT2D eigenvalue weighted by Crippen LogP contribution is 2.07. The molecule has 0 aliphatic rings. The maximum Gasteiger partial charge on any atom is 0.322 e. The molecular formula is C16H25N5O6. The summed E-state index contributed by atoms with van der Waals surface area (Å²) in [6.45, 7) is 2.72. The van der Waals surface area contributed by atoms with Crippen molar-refractivity contribution in [1.82, 2.24) is 25.9 Å². The fraction of sp³-hybridized carbons (Fsp3) is 0.562. The number of carbonyl (C=O) groups excluding carboxylic acids is 2. The van der Waals surface area contributed by atoms with Crippen LogP contribution < -0.4 is 16.0 Å². The molecule has 2 amide bonds. The Morgan fingerprint density at radius 3 is 2.26 bits per heavy atom. The minimum atomic E-state index is -1.20. The number of aromatic nitrogens is 2. The van der Waals surface area contributed by atoms with E-state index in [9.17, 15) is 19.2 Å². The van der Waals surface area contributed by atoms with Crippen LogP contribution in [0, 0.1) is 5.92 Å². The molecule has 0 saturated heterocycles. The third-order valence-electron chi connectivity index (χ3n) is 3.55. The van der Waals surface area contributed by atoms with Crippen molar-refractivity contribution >= 4 is 23.8 Å². The number of hydrogen-bond donors (Lipinski definition) is 6. The van der Waals surface area contributed by atoms with Crippen molar-refractivity contribution in [2.24, 2.45) is 5.92 Å². The van der Waals surface area contributed by atoms with Crippen molar-refractivity contribution in [2.75, 3.05) is 13.1 Å². The highest BCUT2D eigenvalue weighted by atomic mass is 16.4. The molecule has 0 aliphatic heterocycles. The van der Waals surface area contributed by atoms with Gasteiger partial charge in [0.1, 0.15) is 12.6 Å². The van der Waals surface area contributed by atoms with Gasteiger partial charge in [0, 0.05) is 18.3 Å². The van der Waals surface area contributed by atoms with Gasteiger partial charge < -0.3 is 25.8 Å². The summed E-state index contributed by atoms with van der Waals surface area (Å²) in [5, 5.41) is 25.0. The average Bonchev–Trinajstić information content (AvgIpc) is 3.08. The summed E-state index contributed by atoms with van der Waals surface area (Å²) in [5.41, 5.74) is 0.615. The molecule has 1 aromatic heterocycles. The molecule has 0 aliphatic carbocycles. The van der Waals surface area contributed by atoms with E-state index >= 15 is 0 Å². The standard InChI is InChI=1S/C16H25N5O6/c1-9(2)3-12(15(26)19-7-14(24)25)21-16(27)11(18-6-13(22)23)4-10-5-17-8-20-10/h5,8-9,11-12,18H,3-4,6-7H2,1-2H3,(H,17,20)(H,19,26)(H,21,27)(H,22,23)(H,24,25)/t11-,12-/m0/s1. The van der Waals surface area contributed by atoms with E-state index < -0.39 is 48.9 Å². The summed E-state index contributed by atoms with van der Waals surface area (Å²) in [6, 6.07) is -1.85. The Morgan fingerprint density at radius 2 is 1.74 bits per heavy atom. The molecule has 0 saturated carbocycles. The number of aromatic amines is 1. The van der Waals surface area contributed by atoms with Gasteiger partial charge in [0.05, 0.1) is 18.9 Å². The summed E-state index contributed by atoms with van der Waals surface area (Å²) in [6.07, 6.45) is 3.38. The van der Waals surface area contributed by atoms with E-state index in [2.05, 4.69) is 25.9 Å². The molecule has 6 N–H and O–H groups in total. The first kappa shape index (κ1) is 22.1. The number of aliphatic carboxylic acids is 2. The molecule has 27 heavy (non-hydrogen) atoms. The Bertz CT molecular complexity index is 646. The lowest BCUT2D eigenvalue weighted by molar-refractivity contribution is -0.138. The number of nitrogens with one attached hydrogen (secondary N) is 4. The maximum atomic E-state index is 12.6. The van der Waals surface area contributed by atoms with Gasteiger partial charge in [-0.05, 0) is 12.3 Å². The summed E-state index contributed by atoms with van der Waals surface area (Å²) < 4.78 is 0. The van der Waals surface area contributed by atoms with Gasteiger partial charge in [-0.2, -0.15) is 0 Å². The zero-order valence-corrected chi connectivity index (χ0v) is 15.2. The maximum absolute atomic E-state index is 12.6. The first-order valence-corrected chi connectivity index (χ1v) is 8.41. The molecular weight excluding hydrogens is 358 g/mol. The van der Waals surface area contributed by atoms with Crippen molar-refractivity contribution in [2.45, 2.75) is 38.8 Å². The number of imidazole rings is 1. The molecule has 2 atom stereocenters. The monoisotopic (exact) mass is 383 g/mol. The van der Waals surface area contributed by atoms with Crippen LogP contribution >= 0.6 is 0 Å². The third-order valence-corrected chi connectivity index (χ3v) is 3.55. The smallest absolute Gasteiger partial charge is 0.322 e. The van der Waals surface area contributed by atoms with Crippen molar-refractivity contribution in [1.29, 1.82) is 0 Å². The number of carboxylic acid groups (broad SMARTS) is 2. The van der Waals surface area contributed by atoms with Gasteiger partial charge in [-0.3, -0.25) is 24.5 Å². The topological polar surface area (TPSA) is 174 Å². The number of amides is 2. The van der Waals surface area contributed by atoms with Crippen LogP contribution in [0.5, 0.6) is 0 Å². The molecule has 1 heterocycles. The summed E-state index contributed by atoms with van der Waals surface area (Å²) in [7, 11) is 0. The van der Waals surface area contributed by atoms with Gasteiger partial charge in [0.25, 0.3) is 0 Å². The molecule has 1 rings (SSSR count). The minimum absolute atomic E-state index is 0.0592. The second-order valence-electron chi connectivity index (χ2n) is 6.41. The number of nitrogens with zero attached hydrogens (tertiary/aromatic N) is 1. The summed E-state index contributed by atoms with van der Waals surface area (Å²) >= 11 is 0. The lowest BCUT2D eigenvalue weighted by atomic mass is 10.0. The van der Waals surface area contributed by atoms with E-state index in [-0.39, 0.29) is 12.3 Å². The Kier molecular flexibility index (Phi) is 8.93. The van der Waals surface area contributed by atoms with Crippen molar-refractivity contribution in [3.8, 4) is 0 Å². The average molecular weight is 383 g/mol. The number of hydrogen-bond acceptors (Lipinski definition) is 6. The Morgan fingerprint density at radius 1 is 1.07 bits per heavy atom. The van der Waals surface area contributed by atoms with Crippen LogP contribution in [0.1, 0.15) is 26.0 Å². The quantitative estimate of drug-likeness (QED) is 0.259. The molecule has 0 radical (unpaired) electrons. The number of rotatable bonds is 12. The van der Waals surface area contributed by atoms with Gasteiger partial charge in [-0.25, -0.2) is 4.98 Å². The summed E-state index contributed by atoms with van der Waals surface area (Å²) in [4.78, 5) is 52.9. The van der Waals surface area contributed by atoms with Crippen LogP contribution in [-0.2, 0) is 25.6 Å². The molecule has 1 aromatic rings. The third kappa shape index (κ3) is 8.81. The van der Waals surface area contributed by atoms with Crippen LogP contribution in [0.3, 0.4) is 0 Å². The van der Waals surface area contributed by atoms with E-state index in [4.69, 9.17) is 10.2 Å². The molecule has 0 unspecified atom stereocenters. The molecule has 11 nitrogen and oxygen atoms in total. The second kappa shape index (κ2) is 10.9. The number of carboxylic acids is 2. The van der Waals surface area contributed by atoms with E-state index in [0.717, 1.165) is 0 Å². The van der Waals surface area contributed by atoms with Crippen LogP contribution in [0.25, 0.3) is 0 Å². The Hall–Kier alpha value is -2.95. The SMILES string of the molecule is CC(C)C[C@H](NC(=O)[C@H](Cc1cnc[nH]1)NCC(=O)O)C(=O)NCC(=O)O. The normalized spacial score (nSPS) is 13.0. The highest BCUT2D eigenvalue weighted by molar-refractivity contribution is 5.91. The predicted octanol–water partition coefficient (Wildman–Crippen LogP) is -1.27. The first-order chi connectivity index (χ1) is 12.7. The van der Waals surface area contributed by atoms with Crippen LogP contribution in [0.2, 0.25) is 0 Å². The van der Waals surface area contributed by atoms with Crippen molar-refractivity contribution in [3.63, 3.8) is 0 Å². The van der Waals surface area contributed by atoms with Gasteiger partial charge in [-0.15, -0.1) is 0 Å². The molecule has 0 spiro atoms. The molecule has 0 bridgehead atoms. The molecule has 0 aromatic carbocycles. The van der Waals surface area contributed by atoms with Crippen LogP contribution in [-0.4, -0.2) is 69.1 Å². The fourth-order valence-electron chi connectivity index (χ4n) is 2.35. The van der Waals surface area contributed by atoms with Gasteiger partial charge in [0.15, 0.2) is 0 Å². The lowest BCUT2D eigenvalue weighted by Gasteiger charge is -2.23. The predicted molar refractivity (Wildman–Crippen MR) is 93.7 cm³/mol. The van der Waals surface area contributed by atoms with E-state index in [1.54, 1.807) is 0 Å².